The molecule has 0 radical (unpaired) electrons. The van der Waals surface area contributed by atoms with Crippen LogP contribution in [-0.2, 0) is 14.3 Å². The number of allylic oxidation sites excluding steroid dienone is 1. The molecule has 2 rings (SSSR count). The summed E-state index contributed by atoms with van der Waals surface area (Å²) in [7, 11) is 1.59. The molecule has 202 valence electrons. The zero-order valence-electron chi connectivity index (χ0n) is 22.2. The third-order valence-electron chi connectivity index (χ3n) is 5.54. The molecule has 0 fully saturated rings. The lowest BCUT2D eigenvalue weighted by atomic mass is 10.1. The van der Waals surface area contributed by atoms with Crippen LogP contribution in [0.1, 0.15) is 43.1 Å². The van der Waals surface area contributed by atoms with Crippen LogP contribution < -0.4 is 21.7 Å². The summed E-state index contributed by atoms with van der Waals surface area (Å²) < 4.78 is 4.98. The molecule has 0 aliphatic rings. The third kappa shape index (κ3) is 8.19. The molecule has 0 heterocycles. The molecular formula is C27H35N7O4. The molecule has 2 amide bonds. The van der Waals surface area contributed by atoms with Crippen molar-refractivity contribution in [3.63, 3.8) is 0 Å². The monoisotopic (exact) mass is 521 g/mol. The van der Waals surface area contributed by atoms with Gasteiger partial charge in [-0.3, -0.25) is 24.7 Å². The van der Waals surface area contributed by atoms with Gasteiger partial charge in [0.05, 0.1) is 30.9 Å². The van der Waals surface area contributed by atoms with Gasteiger partial charge in [-0.15, -0.1) is 0 Å². The number of anilines is 3. The van der Waals surface area contributed by atoms with Crippen LogP contribution in [0.2, 0.25) is 0 Å². The summed E-state index contributed by atoms with van der Waals surface area (Å²) in [6.07, 6.45) is 3.30. The molecular weight excluding hydrogens is 486 g/mol. The second kappa shape index (κ2) is 14.2. The van der Waals surface area contributed by atoms with Crippen LogP contribution in [0.4, 0.5) is 17.1 Å². The molecule has 2 aromatic rings. The van der Waals surface area contributed by atoms with E-state index in [-0.39, 0.29) is 55.0 Å². The Kier molecular flexibility index (Phi) is 11.0. The average molecular weight is 522 g/mol. The largest absolute Gasteiger partial charge is 0.466 e. The topological polar surface area (TPSA) is 167 Å². The molecule has 0 saturated carbocycles. The fraction of sp³-hybridized carbons (Fsp3) is 0.296. The van der Waals surface area contributed by atoms with E-state index < -0.39 is 5.97 Å². The normalized spacial score (nSPS) is 11.2. The van der Waals surface area contributed by atoms with Crippen molar-refractivity contribution in [3.8, 4) is 0 Å². The zero-order valence-corrected chi connectivity index (χ0v) is 22.2. The van der Waals surface area contributed by atoms with E-state index in [4.69, 9.17) is 21.6 Å². The van der Waals surface area contributed by atoms with E-state index in [1.54, 1.807) is 76.5 Å². The lowest BCUT2D eigenvalue weighted by molar-refractivity contribution is -0.143. The maximum Gasteiger partial charge on any atom is 0.307 e. The third-order valence-corrected chi connectivity index (χ3v) is 5.54. The number of rotatable bonds is 11. The number of nitrogen functional groups attached to an aromatic ring is 2. The maximum atomic E-state index is 13.3. The van der Waals surface area contributed by atoms with Crippen LogP contribution in [0, 0.1) is 5.41 Å². The highest BCUT2D eigenvalue weighted by molar-refractivity contribution is 6.07. The fourth-order valence-electron chi connectivity index (χ4n) is 3.45. The first kappa shape index (κ1) is 29.6. The Bertz CT molecular complexity index is 1220. The molecule has 11 nitrogen and oxygen atoms in total. The van der Waals surface area contributed by atoms with Gasteiger partial charge >= 0.3 is 5.97 Å². The number of amides is 2. The molecule has 0 saturated heterocycles. The van der Waals surface area contributed by atoms with Crippen LogP contribution in [0.25, 0.3) is 0 Å². The van der Waals surface area contributed by atoms with Crippen molar-refractivity contribution in [1.82, 2.24) is 4.90 Å². The molecule has 0 aliphatic carbocycles. The van der Waals surface area contributed by atoms with Crippen LogP contribution in [-0.4, -0.2) is 61.1 Å². The molecule has 11 heteroatoms. The standard InChI is InChI=1S/C27H35N7O4/c1-5-14-31-18(3)34(15-13-25(36)38-6-2)27(37)20-9-12-23(22(28)16-20)33(4)24(35)17-32-21-10-7-19(8-11-21)26(29)30/h5,7-12,14,16,32H,6,13,15,17,28H2,1-4H3,(H3,29,30)/b14-5-,31-18?. The number of benzene rings is 2. The summed E-state index contributed by atoms with van der Waals surface area (Å²) in [5.74, 6) is -0.677. The summed E-state index contributed by atoms with van der Waals surface area (Å²) in [6.45, 7) is 5.53. The second-order valence-corrected chi connectivity index (χ2v) is 8.24. The summed E-state index contributed by atoms with van der Waals surface area (Å²) in [4.78, 5) is 45.0. The maximum absolute atomic E-state index is 13.3. The number of nitrogens with zero attached hydrogens (tertiary/aromatic N) is 3. The molecule has 0 bridgehead atoms. The highest BCUT2D eigenvalue weighted by Crippen LogP contribution is 2.25. The van der Waals surface area contributed by atoms with Crippen LogP contribution in [0.3, 0.4) is 0 Å². The number of carbonyl (C=O) groups excluding carboxylic acids is 3. The summed E-state index contributed by atoms with van der Waals surface area (Å²) in [5.41, 5.74) is 14.0. The lowest BCUT2D eigenvalue weighted by Crippen LogP contribution is -2.37. The summed E-state index contributed by atoms with van der Waals surface area (Å²) >= 11 is 0. The minimum absolute atomic E-state index is 0.00170. The molecule has 0 aliphatic heterocycles. The smallest absolute Gasteiger partial charge is 0.307 e. The number of aliphatic imine (C=N–C) groups is 1. The van der Waals surface area contributed by atoms with Crippen molar-refractivity contribution in [2.75, 3.05) is 42.7 Å². The van der Waals surface area contributed by atoms with Gasteiger partial charge in [0.15, 0.2) is 0 Å². The highest BCUT2D eigenvalue weighted by Gasteiger charge is 2.22. The van der Waals surface area contributed by atoms with Gasteiger partial charge in [0.25, 0.3) is 5.91 Å². The Morgan fingerprint density at radius 3 is 2.37 bits per heavy atom. The molecule has 2 aromatic carbocycles. The molecule has 6 N–H and O–H groups in total. The van der Waals surface area contributed by atoms with Gasteiger partial charge in [-0.05, 0) is 63.2 Å². The first-order chi connectivity index (χ1) is 18.1. The van der Waals surface area contributed by atoms with Gasteiger partial charge in [-0.2, -0.15) is 0 Å². The number of ether oxygens (including phenoxy) is 1. The minimum Gasteiger partial charge on any atom is -0.466 e. The van der Waals surface area contributed by atoms with E-state index in [0.717, 1.165) is 0 Å². The van der Waals surface area contributed by atoms with Gasteiger partial charge in [0.1, 0.15) is 11.7 Å². The van der Waals surface area contributed by atoms with Crippen molar-refractivity contribution >= 4 is 46.5 Å². The van der Waals surface area contributed by atoms with Crippen molar-refractivity contribution in [2.45, 2.75) is 27.2 Å². The molecule has 0 aromatic heterocycles. The van der Waals surface area contributed by atoms with Crippen molar-refractivity contribution in [2.24, 2.45) is 10.7 Å². The molecule has 0 spiro atoms. The second-order valence-electron chi connectivity index (χ2n) is 8.24. The van der Waals surface area contributed by atoms with E-state index in [1.165, 1.54) is 15.9 Å². The average Bonchev–Trinajstić information content (AvgIpc) is 2.90. The first-order valence-electron chi connectivity index (χ1n) is 12.1. The summed E-state index contributed by atoms with van der Waals surface area (Å²) in [6, 6.07) is 11.5. The lowest BCUT2D eigenvalue weighted by Gasteiger charge is -2.23. The van der Waals surface area contributed by atoms with Crippen molar-refractivity contribution in [3.05, 3.63) is 65.9 Å². The Hall–Kier alpha value is -4.67. The number of likely N-dealkylation sites (N-methyl/N-ethyl adjacent to an activating group) is 1. The first-order valence-corrected chi connectivity index (χ1v) is 12.1. The fourth-order valence-corrected chi connectivity index (χ4v) is 3.45. The summed E-state index contributed by atoms with van der Waals surface area (Å²) in [5, 5.41) is 10.5. The van der Waals surface area contributed by atoms with Gasteiger partial charge in [-0.25, -0.2) is 4.99 Å². The van der Waals surface area contributed by atoms with Crippen LogP contribution >= 0.6 is 0 Å². The number of nitrogens with one attached hydrogen (secondary N) is 2. The van der Waals surface area contributed by atoms with E-state index in [2.05, 4.69) is 10.3 Å². The molecule has 0 atom stereocenters. The van der Waals surface area contributed by atoms with E-state index in [9.17, 15) is 14.4 Å². The Morgan fingerprint density at radius 1 is 1.13 bits per heavy atom. The predicted octanol–water partition coefficient (Wildman–Crippen LogP) is 2.98. The van der Waals surface area contributed by atoms with Gasteiger partial charge < -0.3 is 26.4 Å². The number of hydrogen-bond donors (Lipinski definition) is 4. The predicted molar refractivity (Wildman–Crippen MR) is 150 cm³/mol. The number of esters is 1. The van der Waals surface area contributed by atoms with E-state index in [1.807, 2.05) is 0 Å². The SMILES string of the molecule is C/C=C\N=C(C)N(CCC(=O)OCC)C(=O)c1ccc(N(C)C(=O)CNc2ccc(C(=N)N)cc2)c(N)c1. The number of hydrogen-bond acceptors (Lipinski definition) is 8. The Morgan fingerprint density at radius 2 is 1.79 bits per heavy atom. The number of nitrogens with two attached hydrogens (primary N) is 2. The quantitative estimate of drug-likeness (QED) is 0.153. The van der Waals surface area contributed by atoms with E-state index in [0.29, 0.717) is 22.8 Å². The Labute approximate surface area is 222 Å². The molecule has 0 unspecified atom stereocenters. The van der Waals surface area contributed by atoms with E-state index >= 15 is 0 Å². The number of amidine groups is 2. The highest BCUT2D eigenvalue weighted by atomic mass is 16.5. The van der Waals surface area contributed by atoms with Crippen LogP contribution in [0.5, 0.6) is 0 Å². The van der Waals surface area contributed by atoms with Crippen LogP contribution in [0.15, 0.2) is 59.7 Å². The van der Waals surface area contributed by atoms with Gasteiger partial charge in [0.2, 0.25) is 5.91 Å². The zero-order chi connectivity index (χ0) is 28.2. The minimum atomic E-state index is -0.414. The van der Waals surface area contributed by atoms with Crippen molar-refractivity contribution in [1.29, 1.82) is 5.41 Å². The van der Waals surface area contributed by atoms with Gasteiger partial charge in [-0.1, -0.05) is 6.08 Å². The van der Waals surface area contributed by atoms with Gasteiger partial charge in [0, 0.05) is 36.6 Å². The molecule has 38 heavy (non-hydrogen) atoms. The van der Waals surface area contributed by atoms with Crippen molar-refractivity contribution < 1.29 is 19.1 Å². The Balaban J connectivity index is 2.15. The number of carbonyl (C=O) groups is 3.